The zero-order chi connectivity index (χ0) is 50.0. The van der Waals surface area contributed by atoms with Crippen LogP contribution in [0.4, 0.5) is 34.4 Å². The van der Waals surface area contributed by atoms with Gasteiger partial charge < -0.3 is 34.7 Å². The molecule has 6 heterocycles. The molecule has 2 fully saturated rings. The number of rotatable bonds is 12. The van der Waals surface area contributed by atoms with E-state index in [4.69, 9.17) is 4.98 Å². The van der Waals surface area contributed by atoms with Crippen LogP contribution < -0.4 is 30.9 Å². The lowest BCUT2D eigenvalue weighted by Crippen LogP contribution is -2.58. The average molecular weight is 971 g/mol. The molecule has 0 saturated carbocycles. The van der Waals surface area contributed by atoms with E-state index in [2.05, 4.69) is 69.2 Å². The maximum atomic E-state index is 14.1. The van der Waals surface area contributed by atoms with E-state index in [0.29, 0.717) is 63.7 Å². The SMILES string of the molecule is C=CC(=O)Nc1cc(Nc2nc(-c3ccnc(N4CCn5c(cc6c5CC(C)(C)C6)C4=O)c3CO)cn(C)c2=O)ccc1N1CCN(C2CCN(c3ccc(S(=O)(=O)C(C)C)c(C)c3)[C@H](C)C2)C[C@@H]1C. The Bertz CT molecular complexity index is 3070. The van der Waals surface area contributed by atoms with Crippen LogP contribution in [0.15, 0.2) is 83.3 Å². The largest absolute Gasteiger partial charge is 0.392 e. The van der Waals surface area contributed by atoms with Crippen LogP contribution in [0.5, 0.6) is 0 Å². The molecule has 5 aromatic rings. The van der Waals surface area contributed by atoms with E-state index in [1.807, 2.05) is 37.3 Å². The van der Waals surface area contributed by atoms with Gasteiger partial charge in [0.1, 0.15) is 11.5 Å². The zero-order valence-corrected chi connectivity index (χ0v) is 42.4. The summed E-state index contributed by atoms with van der Waals surface area (Å²) in [7, 11) is -1.73. The Labute approximate surface area is 410 Å². The van der Waals surface area contributed by atoms with Crippen molar-refractivity contribution in [3.63, 3.8) is 0 Å². The van der Waals surface area contributed by atoms with Gasteiger partial charge in [0.25, 0.3) is 11.5 Å². The first kappa shape index (κ1) is 48.7. The summed E-state index contributed by atoms with van der Waals surface area (Å²) in [6, 6.07) is 15.8. The standard InChI is InChI=1S/C53H66N10O6S/c1-10-48(65)56-42-26-37(11-13-44(42)61-20-19-59(29-35(61)6)38-16-18-60(34(5)24-38)39-12-14-47(33(4)23-39)70(68,69)32(2)3)55-49-52(67)58(9)30-43(57-49)40-15-17-54-50(41(40)31-64)63-22-21-62-45(51(63)66)25-36-27-53(7,8)28-46(36)62/h10-15,17,23,25-26,30,32,34-35,38,64H,1,16,18-22,24,27-29,31H2,2-9H3,(H,55,57)(H,56,65)/t34-,35+,38?/m1/s1. The molecule has 2 amide bonds. The Morgan fingerprint density at radius 3 is 2.47 bits per heavy atom. The second kappa shape index (κ2) is 18.8. The number of amides is 2. The van der Waals surface area contributed by atoms with Gasteiger partial charge in [-0.05, 0) is 131 Å². The molecule has 1 unspecified atom stereocenters. The highest BCUT2D eigenvalue weighted by atomic mass is 32.2. The number of piperazine rings is 1. The molecular formula is C53H66N10O6S. The number of hydrogen-bond acceptors (Lipinski definition) is 12. The maximum Gasteiger partial charge on any atom is 0.293 e. The van der Waals surface area contributed by atoms with Gasteiger partial charge in [0.15, 0.2) is 15.7 Å². The monoisotopic (exact) mass is 970 g/mol. The Kier molecular flexibility index (Phi) is 13.1. The predicted molar refractivity (Wildman–Crippen MR) is 276 cm³/mol. The highest BCUT2D eigenvalue weighted by molar-refractivity contribution is 7.92. The number of nitrogens with one attached hydrogen (secondary N) is 2. The van der Waals surface area contributed by atoms with Crippen molar-refractivity contribution in [2.75, 3.05) is 58.1 Å². The van der Waals surface area contributed by atoms with E-state index in [1.165, 1.54) is 21.9 Å². The summed E-state index contributed by atoms with van der Waals surface area (Å²) in [5.41, 5.74) is 7.95. The molecule has 0 bridgehead atoms. The molecule has 370 valence electrons. The van der Waals surface area contributed by atoms with Gasteiger partial charge in [0.05, 0.1) is 33.8 Å². The van der Waals surface area contributed by atoms with Crippen molar-refractivity contribution in [1.82, 2.24) is 24.0 Å². The van der Waals surface area contributed by atoms with Crippen LogP contribution in [0.1, 0.15) is 87.3 Å². The Morgan fingerprint density at radius 1 is 0.986 bits per heavy atom. The number of hydrogen-bond donors (Lipinski definition) is 3. The Balaban J connectivity index is 0.911. The summed E-state index contributed by atoms with van der Waals surface area (Å²) >= 11 is 0. The zero-order valence-electron chi connectivity index (χ0n) is 41.6. The van der Waals surface area contributed by atoms with Crippen LogP contribution in [0.25, 0.3) is 11.3 Å². The van der Waals surface area contributed by atoms with Crippen LogP contribution in [-0.2, 0) is 47.7 Å². The number of carbonyl (C=O) groups excluding carboxylic acids is 2. The van der Waals surface area contributed by atoms with E-state index >= 15 is 0 Å². The maximum absolute atomic E-state index is 14.1. The number of sulfone groups is 1. The second-order valence-electron chi connectivity index (χ2n) is 20.7. The molecule has 4 aliphatic rings. The summed E-state index contributed by atoms with van der Waals surface area (Å²) in [5, 5.41) is 16.6. The van der Waals surface area contributed by atoms with Crippen LogP contribution in [0.2, 0.25) is 0 Å². The number of aliphatic hydroxyl groups excluding tert-OH is 1. The fraction of sp³-hybridized carbons (Fsp3) is 0.453. The summed E-state index contributed by atoms with van der Waals surface area (Å²) in [5.74, 6) is -0.148. The number of piperidine rings is 1. The van der Waals surface area contributed by atoms with Crippen molar-refractivity contribution < 1.29 is 23.1 Å². The number of aromatic nitrogens is 4. The number of carbonyl (C=O) groups is 2. The molecule has 1 aliphatic carbocycles. The van der Waals surface area contributed by atoms with Gasteiger partial charge in [-0.2, -0.15) is 0 Å². The van der Waals surface area contributed by atoms with Gasteiger partial charge in [-0.1, -0.05) is 20.4 Å². The summed E-state index contributed by atoms with van der Waals surface area (Å²) < 4.78 is 29.4. The topological polar surface area (TPSA) is 178 Å². The predicted octanol–water partition coefficient (Wildman–Crippen LogP) is 6.85. The third-order valence-corrected chi connectivity index (χ3v) is 17.2. The highest BCUT2D eigenvalue weighted by Crippen LogP contribution is 2.41. The molecule has 3 atom stereocenters. The Morgan fingerprint density at radius 2 is 1.77 bits per heavy atom. The summed E-state index contributed by atoms with van der Waals surface area (Å²) in [6.07, 6.45) is 8.23. The van der Waals surface area contributed by atoms with Crippen molar-refractivity contribution in [3.8, 4) is 11.3 Å². The first-order valence-electron chi connectivity index (χ1n) is 24.4. The van der Waals surface area contributed by atoms with Gasteiger partial charge in [0.2, 0.25) is 5.91 Å². The first-order chi connectivity index (χ1) is 33.3. The number of aryl methyl sites for hydroxylation is 2. The molecule has 3 aliphatic heterocycles. The van der Waals surface area contributed by atoms with Gasteiger partial charge in [-0.3, -0.25) is 24.2 Å². The third kappa shape index (κ3) is 9.03. The quantitative estimate of drug-likeness (QED) is 0.111. The third-order valence-electron chi connectivity index (χ3n) is 14.9. The minimum Gasteiger partial charge on any atom is -0.392 e. The fourth-order valence-corrected chi connectivity index (χ4v) is 12.5. The van der Waals surface area contributed by atoms with Crippen LogP contribution >= 0.6 is 0 Å². The summed E-state index contributed by atoms with van der Waals surface area (Å²) in [4.78, 5) is 59.4. The highest BCUT2D eigenvalue weighted by Gasteiger charge is 2.38. The van der Waals surface area contributed by atoms with Crippen molar-refractivity contribution in [3.05, 3.63) is 112 Å². The lowest BCUT2D eigenvalue weighted by atomic mass is 9.90. The van der Waals surface area contributed by atoms with Crippen LogP contribution in [-0.4, -0.2) is 105 Å². The van der Waals surface area contributed by atoms with E-state index in [0.717, 1.165) is 68.8 Å². The van der Waals surface area contributed by atoms with Crippen molar-refractivity contribution in [2.45, 2.75) is 116 Å². The molecule has 3 N–H and O–H groups in total. The number of pyridine rings is 1. The molecular weight excluding hydrogens is 905 g/mol. The first-order valence-corrected chi connectivity index (χ1v) is 26.0. The molecule has 0 radical (unpaired) electrons. The molecule has 9 rings (SSSR count). The van der Waals surface area contributed by atoms with Gasteiger partial charge in [-0.15, -0.1) is 0 Å². The van der Waals surface area contributed by atoms with Gasteiger partial charge in [-0.25, -0.2) is 18.4 Å². The normalized spacial score (nSPS) is 20.4. The molecule has 3 aromatic heterocycles. The molecule has 2 saturated heterocycles. The van der Waals surface area contributed by atoms with E-state index in [-0.39, 0.29) is 40.7 Å². The van der Waals surface area contributed by atoms with Gasteiger partial charge in [0, 0.05) is 105 Å². The molecule has 17 heteroatoms. The molecule has 70 heavy (non-hydrogen) atoms. The lowest BCUT2D eigenvalue weighted by molar-refractivity contribution is -0.111. The number of benzene rings is 2. The van der Waals surface area contributed by atoms with Crippen molar-refractivity contribution in [2.24, 2.45) is 12.5 Å². The van der Waals surface area contributed by atoms with Gasteiger partial charge >= 0.3 is 0 Å². The molecule has 0 spiro atoms. The van der Waals surface area contributed by atoms with Crippen LogP contribution in [0.3, 0.4) is 0 Å². The van der Waals surface area contributed by atoms with Crippen molar-refractivity contribution in [1.29, 1.82) is 0 Å². The number of anilines is 6. The van der Waals surface area contributed by atoms with Crippen LogP contribution in [0, 0.1) is 12.3 Å². The van der Waals surface area contributed by atoms with E-state index in [1.54, 1.807) is 56.4 Å². The number of aliphatic hydroxyl groups is 1. The van der Waals surface area contributed by atoms with E-state index < -0.39 is 21.7 Å². The minimum absolute atomic E-state index is 0.0359. The van der Waals surface area contributed by atoms with Crippen molar-refractivity contribution >= 4 is 56.0 Å². The molecule has 2 aromatic carbocycles. The van der Waals surface area contributed by atoms with E-state index in [9.17, 15) is 27.9 Å². The number of fused-ring (bicyclic) bond motifs is 3. The molecule has 16 nitrogen and oxygen atoms in total. The smallest absolute Gasteiger partial charge is 0.293 e. The average Bonchev–Trinajstić information content (AvgIpc) is 3.82. The second-order valence-corrected chi connectivity index (χ2v) is 23.2. The minimum atomic E-state index is -3.36. The fourth-order valence-electron chi connectivity index (χ4n) is 11.2. The Hall–Kier alpha value is -6.30. The summed E-state index contributed by atoms with van der Waals surface area (Å²) in [6.45, 7) is 21.8. The number of nitrogens with zero attached hydrogens (tertiary/aromatic N) is 8. The lowest BCUT2D eigenvalue weighted by Gasteiger charge is -2.48.